The van der Waals surface area contributed by atoms with Crippen molar-refractivity contribution in [3.05, 3.63) is 59.7 Å². The first-order chi connectivity index (χ1) is 11.3. The predicted octanol–water partition coefficient (Wildman–Crippen LogP) is 2.58. The summed E-state index contributed by atoms with van der Waals surface area (Å²) in [6, 6.07) is 14.4. The number of sulfonamides is 1. The van der Waals surface area contributed by atoms with Crippen molar-refractivity contribution >= 4 is 10.0 Å². The van der Waals surface area contributed by atoms with Crippen LogP contribution in [0, 0.1) is 6.92 Å². The van der Waals surface area contributed by atoms with E-state index in [1.54, 1.807) is 31.4 Å². The molecule has 0 bridgehead atoms. The highest BCUT2D eigenvalue weighted by Gasteiger charge is 2.20. The van der Waals surface area contributed by atoms with Gasteiger partial charge in [-0.25, -0.2) is 13.1 Å². The Hall–Kier alpha value is -1.89. The van der Waals surface area contributed by atoms with Gasteiger partial charge in [0.1, 0.15) is 5.75 Å². The fraction of sp³-hybridized carbons (Fsp3) is 0.333. The molecule has 2 aromatic rings. The quantitative estimate of drug-likeness (QED) is 0.835. The number of benzene rings is 2. The number of likely N-dealkylation sites (N-methyl/N-ethyl adjacent to an activating group) is 1. The molecule has 0 aliphatic carbocycles. The number of hydrogen-bond donors (Lipinski definition) is 1. The van der Waals surface area contributed by atoms with Crippen molar-refractivity contribution < 1.29 is 13.2 Å². The third-order valence-electron chi connectivity index (χ3n) is 3.90. The Morgan fingerprint density at radius 1 is 1.12 bits per heavy atom. The van der Waals surface area contributed by atoms with E-state index in [1.165, 1.54) is 0 Å². The Bertz CT molecular complexity index is 771. The summed E-state index contributed by atoms with van der Waals surface area (Å²) in [6.07, 6.45) is 0. The molecule has 2 rings (SSSR count). The number of hydrogen-bond acceptors (Lipinski definition) is 4. The Morgan fingerprint density at radius 2 is 1.79 bits per heavy atom. The lowest BCUT2D eigenvalue weighted by Gasteiger charge is -2.25. The molecule has 0 aromatic heterocycles. The zero-order chi connectivity index (χ0) is 17.7. The van der Waals surface area contributed by atoms with E-state index in [4.69, 9.17) is 4.74 Å². The number of ether oxygens (including phenoxy) is 1. The molecule has 1 atom stereocenters. The van der Waals surface area contributed by atoms with Crippen LogP contribution in [0.3, 0.4) is 0 Å². The van der Waals surface area contributed by atoms with E-state index in [9.17, 15) is 8.42 Å². The molecular weight excluding hydrogens is 324 g/mol. The van der Waals surface area contributed by atoms with Gasteiger partial charge >= 0.3 is 0 Å². The fourth-order valence-electron chi connectivity index (χ4n) is 2.44. The van der Waals surface area contributed by atoms with E-state index in [2.05, 4.69) is 4.72 Å². The second-order valence-corrected chi connectivity index (χ2v) is 7.69. The standard InChI is InChI=1S/C18H24N2O3S/c1-14-8-10-17(11-9-14)24(21,22)19-13-18(20(2)3)15-6-5-7-16(12-15)23-4/h5-12,18-19H,13H2,1-4H3/t18-/m0/s1. The first-order valence-electron chi connectivity index (χ1n) is 7.70. The SMILES string of the molecule is COc1cccc([C@H](CNS(=O)(=O)c2ccc(C)cc2)N(C)C)c1. The van der Waals surface area contributed by atoms with Gasteiger partial charge in [-0.15, -0.1) is 0 Å². The molecule has 0 spiro atoms. The lowest BCUT2D eigenvalue weighted by atomic mass is 10.1. The molecule has 1 N–H and O–H groups in total. The molecule has 130 valence electrons. The third-order valence-corrected chi connectivity index (χ3v) is 5.34. The molecule has 6 heteroatoms. The Morgan fingerprint density at radius 3 is 2.38 bits per heavy atom. The number of nitrogens with one attached hydrogen (secondary N) is 1. The van der Waals surface area contributed by atoms with Gasteiger partial charge in [0.2, 0.25) is 10.0 Å². The molecule has 0 saturated heterocycles. The monoisotopic (exact) mass is 348 g/mol. The van der Waals surface area contributed by atoms with E-state index >= 15 is 0 Å². The average Bonchev–Trinajstić information content (AvgIpc) is 2.55. The van der Waals surface area contributed by atoms with Crippen molar-refractivity contribution in [1.82, 2.24) is 9.62 Å². The summed E-state index contributed by atoms with van der Waals surface area (Å²) in [7, 11) is 1.92. The highest BCUT2D eigenvalue weighted by molar-refractivity contribution is 7.89. The van der Waals surface area contributed by atoms with Crippen LogP contribution < -0.4 is 9.46 Å². The molecule has 0 aliphatic rings. The van der Waals surface area contributed by atoms with Crippen LogP contribution in [-0.2, 0) is 10.0 Å². The van der Waals surface area contributed by atoms with Gasteiger partial charge in [0.25, 0.3) is 0 Å². The van der Waals surface area contributed by atoms with Crippen LogP contribution in [0.25, 0.3) is 0 Å². The normalized spacial score (nSPS) is 13.0. The van der Waals surface area contributed by atoms with Crippen LogP contribution in [0.15, 0.2) is 53.4 Å². The Kier molecular flexibility index (Phi) is 5.99. The molecule has 0 aliphatic heterocycles. The maximum Gasteiger partial charge on any atom is 0.240 e. The van der Waals surface area contributed by atoms with Crippen molar-refractivity contribution in [3.8, 4) is 5.75 Å². The minimum atomic E-state index is -3.54. The first kappa shape index (κ1) is 18.4. The smallest absolute Gasteiger partial charge is 0.240 e. The molecule has 0 unspecified atom stereocenters. The van der Waals surface area contributed by atoms with Gasteiger partial charge in [-0.2, -0.15) is 0 Å². The summed E-state index contributed by atoms with van der Waals surface area (Å²) in [4.78, 5) is 2.25. The van der Waals surface area contributed by atoms with Crippen LogP contribution in [-0.4, -0.2) is 41.1 Å². The zero-order valence-electron chi connectivity index (χ0n) is 14.5. The molecule has 0 fully saturated rings. The van der Waals surface area contributed by atoms with Gasteiger partial charge in [-0.1, -0.05) is 29.8 Å². The minimum Gasteiger partial charge on any atom is -0.497 e. The molecular formula is C18H24N2O3S. The van der Waals surface area contributed by atoms with Crippen molar-refractivity contribution in [2.45, 2.75) is 17.9 Å². The van der Waals surface area contributed by atoms with Crippen LogP contribution in [0.4, 0.5) is 0 Å². The van der Waals surface area contributed by atoms with Crippen LogP contribution in [0.1, 0.15) is 17.2 Å². The number of aryl methyl sites for hydroxylation is 1. The molecule has 0 amide bonds. The maximum absolute atomic E-state index is 12.5. The lowest BCUT2D eigenvalue weighted by molar-refractivity contribution is 0.298. The van der Waals surface area contributed by atoms with Crippen molar-refractivity contribution in [2.75, 3.05) is 27.7 Å². The predicted molar refractivity (Wildman–Crippen MR) is 95.8 cm³/mol. The topological polar surface area (TPSA) is 58.6 Å². The molecule has 2 aromatic carbocycles. The summed E-state index contributed by atoms with van der Waals surface area (Å²) in [5.74, 6) is 0.751. The van der Waals surface area contributed by atoms with Crippen molar-refractivity contribution in [1.29, 1.82) is 0 Å². The van der Waals surface area contributed by atoms with Gasteiger partial charge in [0.05, 0.1) is 12.0 Å². The van der Waals surface area contributed by atoms with E-state index in [-0.39, 0.29) is 17.5 Å². The molecule has 0 saturated carbocycles. The highest BCUT2D eigenvalue weighted by Crippen LogP contribution is 2.22. The van der Waals surface area contributed by atoms with Crippen LogP contribution in [0.5, 0.6) is 5.75 Å². The van der Waals surface area contributed by atoms with E-state index in [0.717, 1.165) is 16.9 Å². The summed E-state index contributed by atoms with van der Waals surface area (Å²) >= 11 is 0. The number of nitrogens with zero attached hydrogens (tertiary/aromatic N) is 1. The second kappa shape index (κ2) is 7.79. The number of methoxy groups -OCH3 is 1. The summed E-state index contributed by atoms with van der Waals surface area (Å²) < 4.78 is 32.9. The Balaban J connectivity index is 2.17. The molecule has 0 heterocycles. The van der Waals surface area contributed by atoms with Crippen molar-refractivity contribution in [3.63, 3.8) is 0 Å². The lowest BCUT2D eigenvalue weighted by Crippen LogP contribution is -2.34. The number of rotatable bonds is 7. The van der Waals surface area contributed by atoms with Crippen LogP contribution >= 0.6 is 0 Å². The Labute approximate surface area is 144 Å². The second-order valence-electron chi connectivity index (χ2n) is 5.92. The summed E-state index contributed by atoms with van der Waals surface area (Å²) in [5, 5.41) is 0. The van der Waals surface area contributed by atoms with Gasteiger partial charge in [-0.3, -0.25) is 0 Å². The highest BCUT2D eigenvalue weighted by atomic mass is 32.2. The summed E-state index contributed by atoms with van der Waals surface area (Å²) in [5.41, 5.74) is 2.02. The first-order valence-corrected chi connectivity index (χ1v) is 9.18. The summed E-state index contributed by atoms with van der Waals surface area (Å²) in [6.45, 7) is 2.20. The molecule has 0 radical (unpaired) electrons. The van der Waals surface area contributed by atoms with Gasteiger partial charge in [-0.05, 0) is 50.8 Å². The maximum atomic E-state index is 12.5. The van der Waals surface area contributed by atoms with E-state index in [0.29, 0.717) is 0 Å². The molecule has 24 heavy (non-hydrogen) atoms. The molecule has 5 nitrogen and oxygen atoms in total. The van der Waals surface area contributed by atoms with E-state index in [1.807, 2.05) is 50.2 Å². The van der Waals surface area contributed by atoms with E-state index < -0.39 is 10.0 Å². The van der Waals surface area contributed by atoms with Crippen molar-refractivity contribution in [2.24, 2.45) is 0 Å². The fourth-order valence-corrected chi connectivity index (χ4v) is 3.48. The van der Waals surface area contributed by atoms with Gasteiger partial charge in [0.15, 0.2) is 0 Å². The average molecular weight is 348 g/mol. The third kappa shape index (κ3) is 4.56. The van der Waals surface area contributed by atoms with Gasteiger partial charge < -0.3 is 9.64 Å². The minimum absolute atomic E-state index is 0.0969. The van der Waals surface area contributed by atoms with Crippen LogP contribution in [0.2, 0.25) is 0 Å². The van der Waals surface area contributed by atoms with Gasteiger partial charge in [0, 0.05) is 12.6 Å². The largest absolute Gasteiger partial charge is 0.497 e. The zero-order valence-corrected chi connectivity index (χ0v) is 15.3.